The molecule has 6 nitrogen and oxygen atoms in total. The first kappa shape index (κ1) is 19.5. The second-order valence-electron chi connectivity index (χ2n) is 5.79. The lowest BCUT2D eigenvalue weighted by molar-refractivity contribution is 0.0634. The fourth-order valence-corrected chi connectivity index (χ4v) is 2.34. The summed E-state index contributed by atoms with van der Waals surface area (Å²) in [6.45, 7) is 1.13. The van der Waals surface area contributed by atoms with Gasteiger partial charge in [0, 0.05) is 17.7 Å². The lowest BCUT2D eigenvalue weighted by atomic mass is 9.95. The first-order valence-corrected chi connectivity index (χ1v) is 7.73. The highest BCUT2D eigenvalue weighted by Gasteiger charge is 2.26. The number of hydrogen-bond donors (Lipinski definition) is 3. The Kier molecular flexibility index (Phi) is 5.99. The summed E-state index contributed by atoms with van der Waals surface area (Å²) in [5.74, 6) is -0.496. The van der Waals surface area contributed by atoms with E-state index in [1.54, 1.807) is 18.2 Å². The highest BCUT2D eigenvalue weighted by molar-refractivity contribution is 5.94. The molecule has 0 bridgehead atoms. The maximum absolute atomic E-state index is 13.9. The van der Waals surface area contributed by atoms with Crippen LogP contribution in [0.5, 0.6) is 11.5 Å². The highest BCUT2D eigenvalue weighted by atomic mass is 19.1. The number of nitrogens with zero attached hydrogens (tertiary/aromatic N) is 1. The van der Waals surface area contributed by atoms with Crippen LogP contribution in [-0.4, -0.2) is 31.8 Å². The minimum absolute atomic E-state index is 0.0145. The monoisotopic (exact) mass is 365 g/mol. The number of nitrogens with two attached hydrogens (primary N) is 1. The van der Waals surface area contributed by atoms with Crippen molar-refractivity contribution in [1.82, 2.24) is 0 Å². The van der Waals surface area contributed by atoms with Crippen LogP contribution in [0.15, 0.2) is 41.4 Å². The number of rotatable bonds is 6. The molecule has 2 rings (SSSR count). The van der Waals surface area contributed by atoms with Gasteiger partial charge in [-0.05, 0) is 25.1 Å². The van der Waals surface area contributed by atoms with E-state index in [1.807, 2.05) is 0 Å². The van der Waals surface area contributed by atoms with E-state index in [1.165, 1.54) is 27.2 Å². The maximum atomic E-state index is 13.9. The molecule has 0 heterocycles. The minimum atomic E-state index is -1.66. The van der Waals surface area contributed by atoms with Crippen LogP contribution >= 0.6 is 0 Å². The lowest BCUT2D eigenvalue weighted by Gasteiger charge is -2.22. The molecule has 0 aliphatic rings. The van der Waals surface area contributed by atoms with Gasteiger partial charge in [-0.2, -0.15) is 0 Å². The van der Waals surface area contributed by atoms with Crippen LogP contribution in [0.25, 0.3) is 0 Å². The fraction of sp³-hybridized carbons (Fsp3) is 0.278. The van der Waals surface area contributed by atoms with Crippen molar-refractivity contribution in [2.24, 2.45) is 10.7 Å². The number of guanidine groups is 1. The van der Waals surface area contributed by atoms with Crippen molar-refractivity contribution < 1.29 is 23.4 Å². The smallest absolute Gasteiger partial charge is 0.193 e. The van der Waals surface area contributed by atoms with Crippen molar-refractivity contribution in [3.63, 3.8) is 0 Å². The number of nitrogens with one attached hydrogen (secondary N) is 1. The maximum Gasteiger partial charge on any atom is 0.193 e. The summed E-state index contributed by atoms with van der Waals surface area (Å²) in [5.41, 5.74) is 4.62. The Balaban J connectivity index is 2.17. The van der Waals surface area contributed by atoms with Gasteiger partial charge in [0.1, 0.15) is 28.7 Å². The molecule has 140 valence electrons. The molecular formula is C18H21F2N3O3. The van der Waals surface area contributed by atoms with Gasteiger partial charge in [-0.25, -0.2) is 13.8 Å². The molecule has 1 unspecified atom stereocenters. The number of hydrogen-bond acceptors (Lipinski definition) is 4. The highest BCUT2D eigenvalue weighted by Crippen LogP contribution is 2.29. The first-order chi connectivity index (χ1) is 12.3. The summed E-state index contributed by atoms with van der Waals surface area (Å²) in [6, 6.07) is 8.03. The zero-order chi connectivity index (χ0) is 19.3. The van der Waals surface area contributed by atoms with Crippen LogP contribution in [0, 0.1) is 11.6 Å². The van der Waals surface area contributed by atoms with Gasteiger partial charge in [0.25, 0.3) is 0 Å². The average molecular weight is 365 g/mol. The molecule has 0 amide bonds. The Morgan fingerprint density at radius 3 is 2.54 bits per heavy atom. The Hall–Kier alpha value is -2.87. The summed E-state index contributed by atoms with van der Waals surface area (Å²) in [7, 11) is 3.03. The second-order valence-corrected chi connectivity index (χ2v) is 5.79. The molecule has 1 atom stereocenters. The predicted molar refractivity (Wildman–Crippen MR) is 95.6 cm³/mol. The van der Waals surface area contributed by atoms with Gasteiger partial charge in [-0.15, -0.1) is 0 Å². The molecule has 8 heteroatoms. The first-order valence-electron chi connectivity index (χ1n) is 7.73. The lowest BCUT2D eigenvalue weighted by Crippen LogP contribution is -2.30. The van der Waals surface area contributed by atoms with Crippen LogP contribution in [-0.2, 0) is 5.60 Å². The zero-order valence-electron chi connectivity index (χ0n) is 14.7. The molecule has 2 aromatic rings. The van der Waals surface area contributed by atoms with Crippen LogP contribution in [0.1, 0.15) is 12.5 Å². The van der Waals surface area contributed by atoms with E-state index < -0.39 is 17.2 Å². The summed E-state index contributed by atoms with van der Waals surface area (Å²) in [6.07, 6.45) is 0. The number of ether oxygens (including phenoxy) is 2. The van der Waals surface area contributed by atoms with Crippen molar-refractivity contribution >= 4 is 11.6 Å². The number of methoxy groups -OCH3 is 2. The number of aliphatic hydroxyl groups is 1. The molecule has 0 saturated carbocycles. The number of benzene rings is 2. The van der Waals surface area contributed by atoms with E-state index in [0.717, 1.165) is 6.07 Å². The summed E-state index contributed by atoms with van der Waals surface area (Å²) >= 11 is 0. The van der Waals surface area contributed by atoms with E-state index in [2.05, 4.69) is 10.3 Å². The zero-order valence-corrected chi connectivity index (χ0v) is 14.7. The third kappa shape index (κ3) is 4.60. The van der Waals surface area contributed by atoms with E-state index in [4.69, 9.17) is 15.2 Å². The topological polar surface area (TPSA) is 89.1 Å². The molecule has 0 saturated heterocycles. The van der Waals surface area contributed by atoms with Crippen LogP contribution in [0.2, 0.25) is 0 Å². The fourth-order valence-electron chi connectivity index (χ4n) is 2.34. The SMILES string of the molecule is COc1ccc(OC)c(NC(N)=NCC(C)(O)c2ccc(F)cc2F)c1. The van der Waals surface area contributed by atoms with E-state index >= 15 is 0 Å². The third-order valence-corrected chi connectivity index (χ3v) is 3.74. The average Bonchev–Trinajstić information content (AvgIpc) is 2.59. The molecule has 0 aliphatic carbocycles. The van der Waals surface area contributed by atoms with Gasteiger partial charge in [0.2, 0.25) is 0 Å². The van der Waals surface area contributed by atoms with Crippen LogP contribution < -0.4 is 20.5 Å². The van der Waals surface area contributed by atoms with E-state index in [-0.39, 0.29) is 18.1 Å². The standard InChI is InChI=1S/C18H21F2N3O3/c1-18(24,13-6-4-11(19)8-14(13)20)10-22-17(21)23-15-9-12(25-2)5-7-16(15)26-3/h4-9,24H,10H2,1-3H3,(H3,21,22,23). The van der Waals surface area contributed by atoms with Crippen molar-refractivity contribution in [3.05, 3.63) is 53.6 Å². The van der Waals surface area contributed by atoms with Gasteiger partial charge in [0.15, 0.2) is 5.96 Å². The summed E-state index contributed by atoms with van der Waals surface area (Å²) < 4.78 is 37.3. The molecule has 0 fully saturated rings. The number of halogens is 2. The minimum Gasteiger partial charge on any atom is -0.497 e. The normalized spacial score (nSPS) is 13.8. The van der Waals surface area contributed by atoms with E-state index in [9.17, 15) is 13.9 Å². The van der Waals surface area contributed by atoms with Crippen LogP contribution in [0.4, 0.5) is 14.5 Å². The van der Waals surface area contributed by atoms with Gasteiger partial charge in [0.05, 0.1) is 26.5 Å². The Bertz CT molecular complexity index is 810. The van der Waals surface area contributed by atoms with E-state index in [0.29, 0.717) is 23.3 Å². The van der Waals surface area contributed by atoms with Crippen molar-refractivity contribution in [2.75, 3.05) is 26.1 Å². The Morgan fingerprint density at radius 2 is 1.92 bits per heavy atom. The second kappa shape index (κ2) is 8.01. The van der Waals surface area contributed by atoms with Crippen LogP contribution in [0.3, 0.4) is 0 Å². The summed E-state index contributed by atoms with van der Waals surface area (Å²) in [5, 5.41) is 13.3. The molecule has 0 spiro atoms. The van der Waals surface area contributed by atoms with Crippen molar-refractivity contribution in [2.45, 2.75) is 12.5 Å². The van der Waals surface area contributed by atoms with Crippen molar-refractivity contribution in [1.29, 1.82) is 0 Å². The van der Waals surface area contributed by atoms with Gasteiger partial charge in [-0.3, -0.25) is 0 Å². The largest absolute Gasteiger partial charge is 0.497 e. The molecule has 26 heavy (non-hydrogen) atoms. The summed E-state index contributed by atoms with van der Waals surface area (Å²) in [4.78, 5) is 4.04. The quantitative estimate of drug-likeness (QED) is 0.541. The van der Waals surface area contributed by atoms with Crippen molar-refractivity contribution in [3.8, 4) is 11.5 Å². The van der Waals surface area contributed by atoms with Gasteiger partial charge >= 0.3 is 0 Å². The molecule has 4 N–H and O–H groups in total. The molecule has 0 radical (unpaired) electrons. The molecule has 2 aromatic carbocycles. The number of anilines is 1. The molecular weight excluding hydrogens is 344 g/mol. The van der Waals surface area contributed by atoms with Gasteiger partial charge < -0.3 is 25.6 Å². The molecule has 0 aromatic heterocycles. The third-order valence-electron chi connectivity index (χ3n) is 3.74. The molecule has 0 aliphatic heterocycles. The predicted octanol–water partition coefficient (Wildman–Crippen LogP) is 2.62. The Morgan fingerprint density at radius 1 is 1.19 bits per heavy atom. The Labute approximate surface area is 150 Å². The van der Waals surface area contributed by atoms with Gasteiger partial charge in [-0.1, -0.05) is 6.07 Å². The number of aliphatic imine (C=N–C) groups is 1.